The van der Waals surface area contributed by atoms with Gasteiger partial charge in [0, 0.05) is 55.1 Å². The Bertz CT molecular complexity index is 944. The Kier molecular flexibility index (Phi) is 5.79. The zero-order valence-electron chi connectivity index (χ0n) is 18.0. The van der Waals surface area contributed by atoms with Crippen LogP contribution < -0.4 is 4.90 Å². The van der Waals surface area contributed by atoms with Gasteiger partial charge in [0.25, 0.3) is 0 Å². The SMILES string of the molecule is Cc1nc([C@@H]2CCN(C(=O)Cc3ccccn3)C2)nc2c1CCC(=O)N2CC(C)C. The van der Waals surface area contributed by atoms with E-state index in [0.29, 0.717) is 44.8 Å². The molecule has 0 saturated carbocycles. The topological polar surface area (TPSA) is 79.3 Å². The largest absolute Gasteiger partial charge is 0.342 e. The average molecular weight is 408 g/mol. The van der Waals surface area contributed by atoms with E-state index in [9.17, 15) is 9.59 Å². The fraction of sp³-hybridized carbons (Fsp3) is 0.522. The molecule has 4 heterocycles. The summed E-state index contributed by atoms with van der Waals surface area (Å²) < 4.78 is 0. The summed E-state index contributed by atoms with van der Waals surface area (Å²) in [4.78, 5) is 42.9. The molecular weight excluding hydrogens is 378 g/mol. The summed E-state index contributed by atoms with van der Waals surface area (Å²) in [7, 11) is 0. The minimum absolute atomic E-state index is 0.0856. The van der Waals surface area contributed by atoms with Crippen LogP contribution in [0.5, 0.6) is 0 Å². The molecule has 2 aromatic heterocycles. The van der Waals surface area contributed by atoms with Crippen LogP contribution in [-0.4, -0.2) is 51.3 Å². The highest BCUT2D eigenvalue weighted by Crippen LogP contribution is 2.32. The van der Waals surface area contributed by atoms with Crippen LogP contribution in [0, 0.1) is 12.8 Å². The molecule has 0 aliphatic carbocycles. The van der Waals surface area contributed by atoms with Crippen LogP contribution in [0.2, 0.25) is 0 Å². The Morgan fingerprint density at radius 3 is 2.80 bits per heavy atom. The zero-order chi connectivity index (χ0) is 21.3. The second kappa shape index (κ2) is 8.50. The number of carbonyl (C=O) groups is 2. The van der Waals surface area contributed by atoms with Crippen LogP contribution in [0.3, 0.4) is 0 Å². The maximum absolute atomic E-state index is 12.7. The number of fused-ring (bicyclic) bond motifs is 1. The lowest BCUT2D eigenvalue weighted by atomic mass is 10.0. The number of nitrogens with zero attached hydrogens (tertiary/aromatic N) is 5. The molecule has 0 spiro atoms. The monoisotopic (exact) mass is 407 g/mol. The van der Waals surface area contributed by atoms with E-state index in [1.54, 1.807) is 6.20 Å². The quantitative estimate of drug-likeness (QED) is 0.761. The van der Waals surface area contributed by atoms with E-state index in [-0.39, 0.29) is 17.7 Å². The number of hydrogen-bond acceptors (Lipinski definition) is 5. The Morgan fingerprint density at radius 2 is 2.07 bits per heavy atom. The Hall–Kier alpha value is -2.83. The molecule has 0 N–H and O–H groups in total. The molecule has 7 nitrogen and oxygen atoms in total. The molecule has 0 unspecified atom stereocenters. The summed E-state index contributed by atoms with van der Waals surface area (Å²) in [5, 5.41) is 0. The zero-order valence-corrected chi connectivity index (χ0v) is 18.0. The molecule has 2 aliphatic heterocycles. The maximum atomic E-state index is 12.7. The number of rotatable bonds is 5. The van der Waals surface area contributed by atoms with Crippen molar-refractivity contribution in [1.29, 1.82) is 0 Å². The smallest absolute Gasteiger partial charge is 0.228 e. The van der Waals surface area contributed by atoms with Crippen molar-refractivity contribution in [2.75, 3.05) is 24.5 Å². The number of pyridine rings is 1. The van der Waals surface area contributed by atoms with Gasteiger partial charge in [-0.05, 0) is 37.8 Å². The third-order valence-electron chi connectivity index (χ3n) is 5.87. The molecule has 1 fully saturated rings. The van der Waals surface area contributed by atoms with Crippen molar-refractivity contribution >= 4 is 17.6 Å². The van der Waals surface area contributed by atoms with Gasteiger partial charge >= 0.3 is 0 Å². The number of hydrogen-bond donors (Lipinski definition) is 0. The standard InChI is InChI=1S/C23H29N5O2/c1-15(2)13-28-20(29)8-7-19-16(3)25-22(26-23(19)28)17-9-11-27(14-17)21(30)12-18-6-4-5-10-24-18/h4-6,10,15,17H,7-9,11-14H2,1-3H3/t17-/m1/s1. The molecule has 30 heavy (non-hydrogen) atoms. The highest BCUT2D eigenvalue weighted by molar-refractivity contribution is 5.95. The van der Waals surface area contributed by atoms with Crippen molar-refractivity contribution in [3.63, 3.8) is 0 Å². The van der Waals surface area contributed by atoms with Gasteiger partial charge in [-0.25, -0.2) is 9.97 Å². The van der Waals surface area contributed by atoms with E-state index >= 15 is 0 Å². The second-order valence-corrected chi connectivity index (χ2v) is 8.69. The van der Waals surface area contributed by atoms with E-state index < -0.39 is 0 Å². The van der Waals surface area contributed by atoms with E-state index in [2.05, 4.69) is 18.8 Å². The number of aryl methyl sites for hydroxylation is 1. The van der Waals surface area contributed by atoms with E-state index in [4.69, 9.17) is 9.97 Å². The first kappa shape index (κ1) is 20.4. The molecule has 1 saturated heterocycles. The molecule has 2 amide bonds. The first-order valence-corrected chi connectivity index (χ1v) is 10.8. The second-order valence-electron chi connectivity index (χ2n) is 8.69. The molecule has 1 atom stereocenters. The van der Waals surface area contributed by atoms with Gasteiger partial charge in [-0.2, -0.15) is 0 Å². The predicted octanol–water partition coefficient (Wildman–Crippen LogP) is 2.67. The number of carbonyl (C=O) groups excluding carboxylic acids is 2. The van der Waals surface area contributed by atoms with Gasteiger partial charge in [0.1, 0.15) is 11.6 Å². The predicted molar refractivity (Wildman–Crippen MR) is 114 cm³/mol. The fourth-order valence-corrected chi connectivity index (χ4v) is 4.31. The lowest BCUT2D eigenvalue weighted by Gasteiger charge is -2.31. The van der Waals surface area contributed by atoms with Crippen molar-refractivity contribution in [2.24, 2.45) is 5.92 Å². The molecule has 4 rings (SSSR count). The first-order chi connectivity index (χ1) is 14.4. The number of likely N-dealkylation sites (tertiary alicyclic amines) is 1. The molecule has 0 aromatic carbocycles. The molecule has 0 radical (unpaired) electrons. The lowest BCUT2D eigenvalue weighted by Crippen LogP contribution is -2.39. The van der Waals surface area contributed by atoms with Gasteiger partial charge < -0.3 is 4.90 Å². The summed E-state index contributed by atoms with van der Waals surface area (Å²) in [5.74, 6) is 2.22. The normalized spacial score (nSPS) is 18.8. The van der Waals surface area contributed by atoms with Gasteiger partial charge in [0.15, 0.2) is 0 Å². The summed E-state index contributed by atoms with van der Waals surface area (Å²) >= 11 is 0. The summed E-state index contributed by atoms with van der Waals surface area (Å²) in [6, 6.07) is 5.63. The van der Waals surface area contributed by atoms with Crippen LogP contribution in [0.4, 0.5) is 5.82 Å². The van der Waals surface area contributed by atoms with Gasteiger partial charge in [-0.15, -0.1) is 0 Å². The van der Waals surface area contributed by atoms with Crippen molar-refractivity contribution in [1.82, 2.24) is 19.9 Å². The van der Waals surface area contributed by atoms with Crippen molar-refractivity contribution in [3.8, 4) is 0 Å². The van der Waals surface area contributed by atoms with Crippen LogP contribution >= 0.6 is 0 Å². The molecular formula is C23H29N5O2. The van der Waals surface area contributed by atoms with Crippen molar-refractivity contribution < 1.29 is 9.59 Å². The molecule has 2 aliphatic rings. The number of amides is 2. The third kappa shape index (κ3) is 4.20. The van der Waals surface area contributed by atoms with E-state index in [1.807, 2.05) is 34.9 Å². The van der Waals surface area contributed by atoms with E-state index in [0.717, 1.165) is 35.0 Å². The molecule has 2 aromatic rings. The summed E-state index contributed by atoms with van der Waals surface area (Å²) in [6.07, 6.45) is 4.08. The molecule has 0 bridgehead atoms. The van der Waals surface area contributed by atoms with Gasteiger partial charge in [-0.3, -0.25) is 19.5 Å². The van der Waals surface area contributed by atoms with Crippen LogP contribution in [0.25, 0.3) is 0 Å². The average Bonchev–Trinajstić information content (AvgIpc) is 3.21. The Morgan fingerprint density at radius 1 is 1.23 bits per heavy atom. The van der Waals surface area contributed by atoms with Crippen LogP contribution in [-0.2, 0) is 22.4 Å². The van der Waals surface area contributed by atoms with Gasteiger partial charge in [0.2, 0.25) is 11.8 Å². The van der Waals surface area contributed by atoms with Gasteiger partial charge in [-0.1, -0.05) is 19.9 Å². The Labute approximate surface area is 177 Å². The summed E-state index contributed by atoms with van der Waals surface area (Å²) in [6.45, 7) is 8.21. The van der Waals surface area contributed by atoms with Crippen LogP contribution in [0.15, 0.2) is 24.4 Å². The highest BCUT2D eigenvalue weighted by atomic mass is 16.2. The number of anilines is 1. The van der Waals surface area contributed by atoms with E-state index in [1.165, 1.54) is 0 Å². The lowest BCUT2D eigenvalue weighted by molar-refractivity contribution is -0.129. The highest BCUT2D eigenvalue weighted by Gasteiger charge is 2.33. The Balaban J connectivity index is 1.52. The summed E-state index contributed by atoms with van der Waals surface area (Å²) in [5.41, 5.74) is 2.82. The van der Waals surface area contributed by atoms with Gasteiger partial charge in [0.05, 0.1) is 6.42 Å². The minimum atomic E-state index is 0.0856. The van der Waals surface area contributed by atoms with Crippen molar-refractivity contribution in [3.05, 3.63) is 47.2 Å². The number of aromatic nitrogens is 3. The minimum Gasteiger partial charge on any atom is -0.342 e. The maximum Gasteiger partial charge on any atom is 0.228 e. The third-order valence-corrected chi connectivity index (χ3v) is 5.87. The molecule has 7 heteroatoms. The molecule has 158 valence electrons. The first-order valence-electron chi connectivity index (χ1n) is 10.8. The fourth-order valence-electron chi connectivity index (χ4n) is 4.31. The van der Waals surface area contributed by atoms with Crippen molar-refractivity contribution in [2.45, 2.75) is 52.4 Å². The van der Waals surface area contributed by atoms with Crippen LogP contribution in [0.1, 0.15) is 55.4 Å².